The fourth-order valence-electron chi connectivity index (χ4n) is 1.80. The van der Waals surface area contributed by atoms with Crippen LogP contribution in [0.4, 0.5) is 5.69 Å². The maximum atomic E-state index is 11.9. The fourth-order valence-corrected chi connectivity index (χ4v) is 2.55. The Kier molecular flexibility index (Phi) is 4.32. The van der Waals surface area contributed by atoms with E-state index in [0.29, 0.717) is 33.3 Å². The predicted molar refractivity (Wildman–Crippen MR) is 81.8 cm³/mol. The van der Waals surface area contributed by atoms with Gasteiger partial charge in [-0.2, -0.15) is 5.26 Å². The van der Waals surface area contributed by atoms with Crippen LogP contribution in [0.1, 0.15) is 30.2 Å². The highest BCUT2D eigenvalue weighted by Crippen LogP contribution is 2.39. The first-order valence-electron chi connectivity index (χ1n) is 6.61. The largest absolute Gasteiger partial charge is 0.416 e. The Morgan fingerprint density at radius 1 is 1.50 bits per heavy atom. The standard InChI is InChI=1S/C14H11ClN4O2S/c15-10-4-3-9(6-16)11(5-10)17-12(20)7-22-14-19-18-13(21-14)8-1-2-8/h3-5,8H,1-2,7H2,(H,17,20). The van der Waals surface area contributed by atoms with E-state index in [-0.39, 0.29) is 11.7 Å². The van der Waals surface area contributed by atoms with Gasteiger partial charge in [0.1, 0.15) is 6.07 Å². The van der Waals surface area contributed by atoms with Crippen molar-refractivity contribution in [3.63, 3.8) is 0 Å². The van der Waals surface area contributed by atoms with Crippen molar-refractivity contribution in [3.8, 4) is 6.07 Å². The van der Waals surface area contributed by atoms with Gasteiger partial charge in [0.25, 0.3) is 5.22 Å². The minimum absolute atomic E-state index is 0.115. The number of nitrogens with one attached hydrogen (secondary N) is 1. The SMILES string of the molecule is N#Cc1ccc(Cl)cc1NC(=O)CSc1nnc(C2CC2)o1. The van der Waals surface area contributed by atoms with Crippen molar-refractivity contribution in [2.24, 2.45) is 0 Å². The molecule has 1 amide bonds. The van der Waals surface area contributed by atoms with Crippen molar-refractivity contribution in [2.75, 3.05) is 11.1 Å². The van der Waals surface area contributed by atoms with Crippen molar-refractivity contribution in [2.45, 2.75) is 24.0 Å². The number of hydrogen-bond acceptors (Lipinski definition) is 6. The molecular formula is C14H11ClN4O2S. The van der Waals surface area contributed by atoms with Gasteiger partial charge in [0.05, 0.1) is 17.0 Å². The maximum Gasteiger partial charge on any atom is 0.277 e. The number of aromatic nitrogens is 2. The van der Waals surface area contributed by atoms with E-state index < -0.39 is 0 Å². The van der Waals surface area contributed by atoms with E-state index in [0.717, 1.165) is 24.6 Å². The summed E-state index contributed by atoms with van der Waals surface area (Å²) >= 11 is 7.03. The van der Waals surface area contributed by atoms with Crippen molar-refractivity contribution in [3.05, 3.63) is 34.7 Å². The lowest BCUT2D eigenvalue weighted by Crippen LogP contribution is -2.15. The minimum Gasteiger partial charge on any atom is -0.416 e. The van der Waals surface area contributed by atoms with Crippen LogP contribution >= 0.6 is 23.4 Å². The zero-order valence-corrected chi connectivity index (χ0v) is 12.9. The minimum atomic E-state index is -0.269. The first kappa shape index (κ1) is 14.9. The van der Waals surface area contributed by atoms with Crippen molar-refractivity contribution >= 4 is 35.0 Å². The summed E-state index contributed by atoms with van der Waals surface area (Å²) in [4.78, 5) is 11.9. The predicted octanol–water partition coefficient (Wildman–Crippen LogP) is 3.20. The molecule has 1 fully saturated rings. The maximum absolute atomic E-state index is 11.9. The molecule has 0 unspecified atom stereocenters. The molecule has 1 aliphatic rings. The van der Waals surface area contributed by atoms with Gasteiger partial charge in [-0.25, -0.2) is 0 Å². The second-order valence-corrected chi connectivity index (χ2v) is 6.18. The summed E-state index contributed by atoms with van der Waals surface area (Å²) in [6.45, 7) is 0. The smallest absolute Gasteiger partial charge is 0.277 e. The lowest BCUT2D eigenvalue weighted by molar-refractivity contribution is -0.113. The molecule has 1 saturated carbocycles. The Balaban J connectivity index is 1.58. The first-order chi connectivity index (χ1) is 10.7. The van der Waals surface area contributed by atoms with Crippen molar-refractivity contribution < 1.29 is 9.21 Å². The third-order valence-electron chi connectivity index (χ3n) is 3.05. The molecule has 1 aromatic heterocycles. The highest BCUT2D eigenvalue weighted by Gasteiger charge is 2.29. The van der Waals surface area contributed by atoms with Gasteiger partial charge >= 0.3 is 0 Å². The second kappa shape index (κ2) is 6.38. The third kappa shape index (κ3) is 3.59. The average molecular weight is 335 g/mol. The highest BCUT2D eigenvalue weighted by molar-refractivity contribution is 7.99. The van der Waals surface area contributed by atoms with Gasteiger partial charge in [0, 0.05) is 10.9 Å². The lowest BCUT2D eigenvalue weighted by atomic mass is 10.2. The summed E-state index contributed by atoms with van der Waals surface area (Å²) in [5, 5.41) is 20.3. The van der Waals surface area contributed by atoms with Crippen LogP contribution in [-0.2, 0) is 4.79 Å². The number of benzene rings is 1. The quantitative estimate of drug-likeness (QED) is 0.844. The Hall–Kier alpha value is -2.04. The zero-order valence-electron chi connectivity index (χ0n) is 11.4. The van der Waals surface area contributed by atoms with E-state index in [1.165, 1.54) is 0 Å². The van der Waals surface area contributed by atoms with Gasteiger partial charge in [-0.15, -0.1) is 10.2 Å². The van der Waals surface area contributed by atoms with E-state index in [1.54, 1.807) is 18.2 Å². The Bertz CT molecular complexity index is 752. The molecular weight excluding hydrogens is 324 g/mol. The molecule has 0 aliphatic heterocycles. The number of amides is 1. The number of hydrogen-bond donors (Lipinski definition) is 1. The van der Waals surface area contributed by atoms with E-state index in [1.807, 2.05) is 6.07 Å². The monoisotopic (exact) mass is 334 g/mol. The topological polar surface area (TPSA) is 91.8 Å². The average Bonchev–Trinajstić information content (AvgIpc) is 3.24. The fraction of sp³-hybridized carbons (Fsp3) is 0.286. The number of halogens is 1. The Morgan fingerprint density at radius 2 is 2.32 bits per heavy atom. The lowest BCUT2D eigenvalue weighted by Gasteiger charge is -2.06. The molecule has 2 aromatic rings. The number of nitriles is 1. The molecule has 8 heteroatoms. The Morgan fingerprint density at radius 3 is 3.05 bits per heavy atom. The van der Waals surface area contributed by atoms with Crippen LogP contribution in [0, 0.1) is 11.3 Å². The summed E-state index contributed by atoms with van der Waals surface area (Å²) in [5.41, 5.74) is 0.751. The second-order valence-electron chi connectivity index (χ2n) is 4.82. The summed E-state index contributed by atoms with van der Waals surface area (Å²) in [5.74, 6) is 0.878. The molecule has 1 aliphatic carbocycles. The highest BCUT2D eigenvalue weighted by atomic mass is 35.5. The molecule has 1 aromatic carbocycles. The van der Waals surface area contributed by atoms with Crippen LogP contribution in [-0.4, -0.2) is 21.9 Å². The van der Waals surface area contributed by atoms with Crippen LogP contribution in [0.5, 0.6) is 0 Å². The third-order valence-corrected chi connectivity index (χ3v) is 4.11. The zero-order chi connectivity index (χ0) is 15.5. The normalized spacial score (nSPS) is 13.6. The molecule has 0 saturated heterocycles. The van der Waals surface area contributed by atoms with Gasteiger partial charge in [0.2, 0.25) is 11.8 Å². The summed E-state index contributed by atoms with van der Waals surface area (Å²) in [7, 11) is 0. The summed E-state index contributed by atoms with van der Waals surface area (Å²) < 4.78 is 5.46. The summed E-state index contributed by atoms with van der Waals surface area (Å²) in [6, 6.07) is 6.71. The van der Waals surface area contributed by atoms with Gasteiger partial charge in [0.15, 0.2) is 0 Å². The number of anilines is 1. The Labute approximate surface area is 135 Å². The molecule has 0 atom stereocenters. The van der Waals surface area contributed by atoms with E-state index in [2.05, 4.69) is 15.5 Å². The number of carbonyl (C=O) groups is 1. The van der Waals surface area contributed by atoms with Crippen LogP contribution in [0.25, 0.3) is 0 Å². The van der Waals surface area contributed by atoms with Gasteiger partial charge in [-0.05, 0) is 31.0 Å². The van der Waals surface area contributed by atoms with Crippen molar-refractivity contribution in [1.29, 1.82) is 5.26 Å². The molecule has 0 bridgehead atoms. The number of rotatable bonds is 5. The summed E-state index contributed by atoms with van der Waals surface area (Å²) in [6.07, 6.45) is 2.16. The molecule has 6 nitrogen and oxygen atoms in total. The molecule has 1 heterocycles. The molecule has 0 spiro atoms. The molecule has 112 valence electrons. The number of carbonyl (C=O) groups excluding carboxylic acids is 1. The number of thioether (sulfide) groups is 1. The van der Waals surface area contributed by atoms with Crippen LogP contribution in [0.15, 0.2) is 27.8 Å². The van der Waals surface area contributed by atoms with Crippen LogP contribution in [0.2, 0.25) is 5.02 Å². The molecule has 0 radical (unpaired) electrons. The van der Waals surface area contributed by atoms with E-state index in [9.17, 15) is 4.79 Å². The van der Waals surface area contributed by atoms with Crippen LogP contribution < -0.4 is 5.32 Å². The molecule has 3 rings (SSSR count). The molecule has 22 heavy (non-hydrogen) atoms. The van der Waals surface area contributed by atoms with Gasteiger partial charge in [-0.3, -0.25) is 4.79 Å². The number of nitrogens with zero attached hydrogens (tertiary/aromatic N) is 3. The van der Waals surface area contributed by atoms with E-state index in [4.69, 9.17) is 21.3 Å². The van der Waals surface area contributed by atoms with Crippen molar-refractivity contribution in [1.82, 2.24) is 10.2 Å². The molecule has 1 N–H and O–H groups in total. The van der Waals surface area contributed by atoms with Crippen LogP contribution in [0.3, 0.4) is 0 Å². The van der Waals surface area contributed by atoms with Gasteiger partial charge in [-0.1, -0.05) is 23.4 Å². The van der Waals surface area contributed by atoms with Gasteiger partial charge < -0.3 is 9.73 Å². The van der Waals surface area contributed by atoms with E-state index >= 15 is 0 Å². The first-order valence-corrected chi connectivity index (χ1v) is 7.98.